The van der Waals surface area contributed by atoms with Crippen LogP contribution in [0.5, 0.6) is 11.5 Å². The fraction of sp³-hybridized carbons (Fsp3) is 0.294. The zero-order chi connectivity index (χ0) is 13.9. The molecular formula is C17H19NO2. The van der Waals surface area contributed by atoms with Gasteiger partial charge in [0.2, 0.25) is 0 Å². The molecule has 104 valence electrons. The van der Waals surface area contributed by atoms with Gasteiger partial charge in [-0.1, -0.05) is 25.1 Å². The van der Waals surface area contributed by atoms with E-state index in [-0.39, 0.29) is 6.04 Å². The Bertz CT molecular complexity index is 610. The van der Waals surface area contributed by atoms with E-state index in [9.17, 15) is 0 Å². The third-order valence-electron chi connectivity index (χ3n) is 3.68. The van der Waals surface area contributed by atoms with Gasteiger partial charge >= 0.3 is 0 Å². The van der Waals surface area contributed by atoms with Crippen molar-refractivity contribution in [2.75, 3.05) is 19.0 Å². The summed E-state index contributed by atoms with van der Waals surface area (Å²) in [5, 5.41) is 3.56. The zero-order valence-corrected chi connectivity index (χ0v) is 11.8. The Labute approximate surface area is 119 Å². The predicted molar refractivity (Wildman–Crippen MR) is 80.7 cm³/mol. The van der Waals surface area contributed by atoms with Crippen LogP contribution < -0.4 is 14.8 Å². The van der Waals surface area contributed by atoms with Crippen LogP contribution in [0.4, 0.5) is 5.69 Å². The minimum atomic E-state index is 0.157. The van der Waals surface area contributed by atoms with Crippen molar-refractivity contribution in [3.8, 4) is 11.5 Å². The molecular weight excluding hydrogens is 250 g/mol. The van der Waals surface area contributed by atoms with E-state index in [4.69, 9.17) is 9.47 Å². The minimum absolute atomic E-state index is 0.157. The lowest BCUT2D eigenvalue weighted by atomic mass is 10.0. The molecule has 1 N–H and O–H groups in total. The Morgan fingerprint density at radius 2 is 2.15 bits per heavy atom. The molecule has 1 atom stereocenters. The van der Waals surface area contributed by atoms with Gasteiger partial charge in [0.05, 0.1) is 18.8 Å². The smallest absolute Gasteiger partial charge is 0.142 e. The first-order valence-corrected chi connectivity index (χ1v) is 6.96. The number of hydrogen-bond acceptors (Lipinski definition) is 3. The Morgan fingerprint density at radius 1 is 1.25 bits per heavy atom. The van der Waals surface area contributed by atoms with E-state index in [1.165, 1.54) is 11.1 Å². The van der Waals surface area contributed by atoms with Gasteiger partial charge in [-0.05, 0) is 41.8 Å². The first-order valence-electron chi connectivity index (χ1n) is 6.96. The van der Waals surface area contributed by atoms with Gasteiger partial charge in [-0.2, -0.15) is 0 Å². The van der Waals surface area contributed by atoms with Crippen molar-refractivity contribution in [2.45, 2.75) is 19.4 Å². The molecule has 0 spiro atoms. The standard InChI is InChI=1S/C17H19NO2/c1-3-12-7-8-17-15(9-12)18-16(11-20-17)13-5-4-6-14(10-13)19-2/h4-10,16,18H,3,11H2,1-2H3. The summed E-state index contributed by atoms with van der Waals surface area (Å²) in [5.74, 6) is 1.80. The summed E-state index contributed by atoms with van der Waals surface area (Å²) >= 11 is 0. The van der Waals surface area contributed by atoms with Gasteiger partial charge < -0.3 is 14.8 Å². The van der Waals surface area contributed by atoms with E-state index in [2.05, 4.69) is 36.5 Å². The average molecular weight is 269 g/mol. The molecule has 1 unspecified atom stereocenters. The molecule has 0 fully saturated rings. The van der Waals surface area contributed by atoms with Gasteiger partial charge in [-0.15, -0.1) is 0 Å². The number of fused-ring (bicyclic) bond motifs is 1. The van der Waals surface area contributed by atoms with E-state index >= 15 is 0 Å². The highest BCUT2D eigenvalue weighted by molar-refractivity contribution is 5.61. The van der Waals surface area contributed by atoms with Crippen molar-refractivity contribution < 1.29 is 9.47 Å². The highest BCUT2D eigenvalue weighted by Gasteiger charge is 2.20. The highest BCUT2D eigenvalue weighted by Crippen LogP contribution is 2.35. The Kier molecular flexibility index (Phi) is 3.50. The fourth-order valence-corrected chi connectivity index (χ4v) is 2.48. The predicted octanol–water partition coefficient (Wildman–Crippen LogP) is 3.80. The fourth-order valence-electron chi connectivity index (χ4n) is 2.48. The number of anilines is 1. The number of benzene rings is 2. The van der Waals surface area contributed by atoms with E-state index < -0.39 is 0 Å². The van der Waals surface area contributed by atoms with Gasteiger partial charge in [-0.3, -0.25) is 0 Å². The monoisotopic (exact) mass is 269 g/mol. The third-order valence-corrected chi connectivity index (χ3v) is 3.68. The summed E-state index contributed by atoms with van der Waals surface area (Å²) in [4.78, 5) is 0. The van der Waals surface area contributed by atoms with Crippen LogP contribution in [0.2, 0.25) is 0 Å². The average Bonchev–Trinajstić information content (AvgIpc) is 2.53. The third kappa shape index (κ3) is 2.44. The van der Waals surface area contributed by atoms with Crippen molar-refractivity contribution in [1.29, 1.82) is 0 Å². The molecule has 0 saturated heterocycles. The minimum Gasteiger partial charge on any atom is -0.497 e. The molecule has 20 heavy (non-hydrogen) atoms. The number of methoxy groups -OCH3 is 1. The number of ether oxygens (including phenoxy) is 2. The first-order chi connectivity index (χ1) is 9.80. The molecule has 3 rings (SSSR count). The molecule has 1 aliphatic heterocycles. The second kappa shape index (κ2) is 5.45. The van der Waals surface area contributed by atoms with Crippen LogP contribution in [0, 0.1) is 0 Å². The van der Waals surface area contributed by atoms with Gasteiger partial charge in [0.15, 0.2) is 0 Å². The molecule has 0 bridgehead atoms. The van der Waals surface area contributed by atoms with Crippen LogP contribution >= 0.6 is 0 Å². The first kappa shape index (κ1) is 12.9. The molecule has 0 saturated carbocycles. The Morgan fingerprint density at radius 3 is 2.95 bits per heavy atom. The number of hydrogen-bond donors (Lipinski definition) is 1. The number of aryl methyl sites for hydroxylation is 1. The molecule has 0 aliphatic carbocycles. The van der Waals surface area contributed by atoms with Crippen molar-refractivity contribution in [3.63, 3.8) is 0 Å². The van der Waals surface area contributed by atoms with Crippen molar-refractivity contribution >= 4 is 5.69 Å². The SMILES string of the molecule is CCc1ccc2c(c1)NC(c1cccc(OC)c1)CO2. The van der Waals surface area contributed by atoms with Crippen LogP contribution in [0.3, 0.4) is 0 Å². The second-order valence-electron chi connectivity index (χ2n) is 4.97. The van der Waals surface area contributed by atoms with Gasteiger partial charge in [0, 0.05) is 0 Å². The second-order valence-corrected chi connectivity index (χ2v) is 4.97. The molecule has 2 aromatic carbocycles. The van der Waals surface area contributed by atoms with E-state index in [0.29, 0.717) is 6.61 Å². The topological polar surface area (TPSA) is 30.5 Å². The largest absolute Gasteiger partial charge is 0.497 e. The van der Waals surface area contributed by atoms with Crippen LogP contribution in [-0.2, 0) is 6.42 Å². The number of rotatable bonds is 3. The van der Waals surface area contributed by atoms with Crippen LogP contribution in [0.25, 0.3) is 0 Å². The maximum absolute atomic E-state index is 5.86. The zero-order valence-electron chi connectivity index (χ0n) is 11.8. The normalized spacial score (nSPS) is 16.8. The van der Waals surface area contributed by atoms with E-state index in [0.717, 1.165) is 23.6 Å². The maximum Gasteiger partial charge on any atom is 0.142 e. The molecule has 3 heteroatoms. The van der Waals surface area contributed by atoms with Crippen molar-refractivity contribution in [1.82, 2.24) is 0 Å². The highest BCUT2D eigenvalue weighted by atomic mass is 16.5. The number of nitrogens with one attached hydrogen (secondary N) is 1. The summed E-state index contributed by atoms with van der Waals surface area (Å²) in [5.41, 5.74) is 3.56. The lowest BCUT2D eigenvalue weighted by Gasteiger charge is -2.28. The molecule has 2 aromatic rings. The summed E-state index contributed by atoms with van der Waals surface area (Å²) < 4.78 is 11.1. The van der Waals surface area contributed by atoms with E-state index in [1.807, 2.05) is 18.2 Å². The van der Waals surface area contributed by atoms with Crippen molar-refractivity contribution in [2.24, 2.45) is 0 Å². The summed E-state index contributed by atoms with van der Waals surface area (Å²) in [6, 6.07) is 14.6. The summed E-state index contributed by atoms with van der Waals surface area (Å²) in [7, 11) is 1.69. The van der Waals surface area contributed by atoms with Gasteiger partial charge in [-0.25, -0.2) is 0 Å². The van der Waals surface area contributed by atoms with E-state index in [1.54, 1.807) is 7.11 Å². The lowest BCUT2D eigenvalue weighted by Crippen LogP contribution is -2.24. The summed E-state index contributed by atoms with van der Waals surface area (Å²) in [6.45, 7) is 2.79. The molecule has 0 aromatic heterocycles. The lowest BCUT2D eigenvalue weighted by molar-refractivity contribution is 0.286. The molecule has 1 aliphatic rings. The van der Waals surface area contributed by atoms with Gasteiger partial charge in [0.1, 0.15) is 18.1 Å². The Hall–Kier alpha value is -2.16. The quantitative estimate of drug-likeness (QED) is 0.919. The molecule has 1 heterocycles. The Balaban J connectivity index is 1.87. The molecule has 3 nitrogen and oxygen atoms in total. The van der Waals surface area contributed by atoms with Crippen molar-refractivity contribution in [3.05, 3.63) is 53.6 Å². The van der Waals surface area contributed by atoms with Crippen LogP contribution in [-0.4, -0.2) is 13.7 Å². The van der Waals surface area contributed by atoms with Crippen LogP contribution in [0.15, 0.2) is 42.5 Å². The summed E-state index contributed by atoms with van der Waals surface area (Å²) in [6.07, 6.45) is 1.03. The van der Waals surface area contributed by atoms with Gasteiger partial charge in [0.25, 0.3) is 0 Å². The maximum atomic E-state index is 5.86. The van der Waals surface area contributed by atoms with Crippen LogP contribution in [0.1, 0.15) is 24.1 Å². The molecule has 0 amide bonds. The molecule has 0 radical (unpaired) electrons.